The maximum Gasteiger partial charge on any atom is 0.268 e. The molecule has 0 unspecified atom stereocenters. The van der Waals surface area contributed by atoms with Gasteiger partial charge in [-0.05, 0) is 66.8 Å². The van der Waals surface area contributed by atoms with E-state index in [4.69, 9.17) is 24.1 Å². The van der Waals surface area contributed by atoms with Gasteiger partial charge >= 0.3 is 0 Å². The molecule has 4 rings (SSSR count). The van der Waals surface area contributed by atoms with E-state index in [0.717, 1.165) is 45.9 Å². The molecule has 0 spiro atoms. The predicted octanol–water partition coefficient (Wildman–Crippen LogP) is 3.71. The van der Waals surface area contributed by atoms with Crippen molar-refractivity contribution >= 4 is 17.2 Å². The fourth-order valence-electron chi connectivity index (χ4n) is 4.69. The van der Waals surface area contributed by atoms with Gasteiger partial charge in [-0.3, -0.25) is 4.79 Å². The summed E-state index contributed by atoms with van der Waals surface area (Å²) in [5.41, 5.74) is 5.39. The quantitative estimate of drug-likeness (QED) is 0.363. The number of fused-ring (bicyclic) bond motifs is 1. The molecule has 1 amide bonds. The van der Waals surface area contributed by atoms with Crippen LogP contribution in [0.2, 0.25) is 0 Å². The van der Waals surface area contributed by atoms with E-state index in [1.54, 1.807) is 18.4 Å². The molecular weight excluding hydrogens is 494 g/mol. The minimum Gasteiger partial charge on any atom is -0.490 e. The molecule has 1 aliphatic rings. The van der Waals surface area contributed by atoms with Crippen molar-refractivity contribution in [3.63, 3.8) is 0 Å². The Labute approximate surface area is 220 Å². The molecule has 9 nitrogen and oxygen atoms in total. The van der Waals surface area contributed by atoms with Crippen LogP contribution >= 0.6 is 11.3 Å². The molecule has 1 aromatic carbocycles. The first-order chi connectivity index (χ1) is 17.7. The zero-order valence-corrected chi connectivity index (χ0v) is 22.8. The molecule has 0 aliphatic heterocycles. The van der Waals surface area contributed by atoms with E-state index >= 15 is 0 Å². The Hall–Kier alpha value is -2.95. The third-order valence-electron chi connectivity index (χ3n) is 6.68. The Morgan fingerprint density at radius 3 is 2.81 bits per heavy atom. The molecule has 2 heterocycles. The van der Waals surface area contributed by atoms with Crippen LogP contribution in [-0.4, -0.2) is 59.2 Å². The van der Waals surface area contributed by atoms with Crippen LogP contribution in [0.3, 0.4) is 0 Å². The summed E-state index contributed by atoms with van der Waals surface area (Å²) < 4.78 is 17.3. The second kappa shape index (κ2) is 11.2. The average molecular weight is 530 g/mol. The molecule has 0 radical (unpaired) electrons. The second-order valence-electron chi connectivity index (χ2n) is 10.2. The Kier molecular flexibility index (Phi) is 8.20. The molecule has 200 valence electrons. The molecule has 1 atom stereocenters. The van der Waals surface area contributed by atoms with Gasteiger partial charge in [-0.2, -0.15) is 4.98 Å². The largest absolute Gasteiger partial charge is 0.490 e. The number of methoxy groups -OCH3 is 1. The highest BCUT2D eigenvalue weighted by Crippen LogP contribution is 2.48. The number of nitrogens with zero attached hydrogens (tertiary/aromatic N) is 2. The van der Waals surface area contributed by atoms with Gasteiger partial charge in [0, 0.05) is 17.7 Å². The molecule has 2 aromatic heterocycles. The van der Waals surface area contributed by atoms with Crippen LogP contribution in [-0.2, 0) is 24.1 Å². The summed E-state index contributed by atoms with van der Waals surface area (Å²) in [6.07, 6.45) is 2.81. The number of thiophene rings is 1. The number of hydrogen-bond donors (Lipinski definition) is 3. The summed E-state index contributed by atoms with van der Waals surface area (Å²) in [4.78, 5) is 16.9. The Morgan fingerprint density at radius 2 is 2.11 bits per heavy atom. The highest BCUT2D eigenvalue weighted by Gasteiger charge is 2.33. The lowest BCUT2D eigenvalue weighted by molar-refractivity contribution is -0.124. The number of amides is 1. The van der Waals surface area contributed by atoms with Crippen molar-refractivity contribution in [2.24, 2.45) is 5.41 Å². The molecule has 1 aliphatic carbocycles. The van der Waals surface area contributed by atoms with Crippen molar-refractivity contribution in [3.05, 3.63) is 34.4 Å². The monoisotopic (exact) mass is 529 g/mol. The molecule has 0 bridgehead atoms. The molecule has 3 aromatic rings. The van der Waals surface area contributed by atoms with E-state index in [1.165, 1.54) is 11.1 Å². The number of aliphatic hydroxyl groups is 2. The molecule has 0 saturated carbocycles. The van der Waals surface area contributed by atoms with E-state index in [1.807, 2.05) is 26.0 Å². The normalized spacial score (nSPS) is 15.2. The number of aryl methyl sites for hydroxylation is 2. The smallest absolute Gasteiger partial charge is 0.268 e. The van der Waals surface area contributed by atoms with Gasteiger partial charge < -0.3 is 29.5 Å². The molecule has 10 heteroatoms. The molecular formula is C27H35N3O6S. The SMILES string of the molecule is CCc1cc(-c2noc(-c3sc(OC)c4c3CCC(C)(C)C4)n2)cc(C)c1OC[C@@H](O)CNC(=O)CO. The van der Waals surface area contributed by atoms with Crippen molar-refractivity contribution in [2.45, 2.75) is 59.5 Å². The number of rotatable bonds is 10. The molecule has 3 N–H and O–H groups in total. The van der Waals surface area contributed by atoms with Crippen LogP contribution < -0.4 is 14.8 Å². The van der Waals surface area contributed by atoms with Crippen LogP contribution in [0, 0.1) is 12.3 Å². The number of nitrogens with one attached hydrogen (secondary N) is 1. The number of carbonyl (C=O) groups is 1. The van der Waals surface area contributed by atoms with Crippen molar-refractivity contribution in [1.82, 2.24) is 15.5 Å². The van der Waals surface area contributed by atoms with Gasteiger partial charge in [-0.15, -0.1) is 0 Å². The van der Waals surface area contributed by atoms with Gasteiger partial charge in [0.15, 0.2) is 5.06 Å². The van der Waals surface area contributed by atoms with Crippen LogP contribution in [0.25, 0.3) is 22.2 Å². The van der Waals surface area contributed by atoms with Gasteiger partial charge in [0.05, 0.1) is 12.0 Å². The van der Waals surface area contributed by atoms with Gasteiger partial charge in [-0.1, -0.05) is 37.3 Å². The van der Waals surface area contributed by atoms with Crippen LogP contribution in [0.4, 0.5) is 0 Å². The maximum absolute atomic E-state index is 11.2. The number of benzene rings is 1. The predicted molar refractivity (Wildman–Crippen MR) is 141 cm³/mol. The third-order valence-corrected chi connectivity index (χ3v) is 7.91. The fraction of sp³-hybridized carbons (Fsp3) is 0.519. The standard InChI is InChI=1S/C27H35N3O6S/c1-6-16-10-17(9-15(2)22(16)35-14-18(32)12-28-21(33)13-31)24-29-25(36-30-24)23-19-7-8-27(3,4)11-20(19)26(34-5)37-23/h9-10,18,31-32H,6-8,11-14H2,1-5H3,(H,28,33)/t18-/m0/s1. The Balaban J connectivity index is 1.55. The summed E-state index contributed by atoms with van der Waals surface area (Å²) in [5, 5.41) is 26.5. The first-order valence-electron chi connectivity index (χ1n) is 12.5. The first kappa shape index (κ1) is 27.1. The van der Waals surface area contributed by atoms with Crippen molar-refractivity contribution in [2.75, 3.05) is 26.9 Å². The van der Waals surface area contributed by atoms with Gasteiger partial charge in [0.25, 0.3) is 5.89 Å². The lowest BCUT2D eigenvalue weighted by Gasteiger charge is -2.30. The number of aromatic nitrogens is 2. The second-order valence-corrected chi connectivity index (χ2v) is 11.2. The van der Waals surface area contributed by atoms with E-state index in [-0.39, 0.29) is 18.6 Å². The van der Waals surface area contributed by atoms with Gasteiger partial charge in [0.2, 0.25) is 11.7 Å². The zero-order chi connectivity index (χ0) is 26.7. The van der Waals surface area contributed by atoms with Crippen LogP contribution in [0.5, 0.6) is 10.8 Å². The number of ether oxygens (including phenoxy) is 2. The maximum atomic E-state index is 11.2. The average Bonchev–Trinajstić information content (AvgIpc) is 3.50. The summed E-state index contributed by atoms with van der Waals surface area (Å²) in [7, 11) is 1.71. The van der Waals surface area contributed by atoms with Gasteiger partial charge in [0.1, 0.15) is 25.1 Å². The minimum atomic E-state index is -0.904. The fourth-order valence-corrected chi connectivity index (χ4v) is 5.80. The van der Waals surface area contributed by atoms with E-state index < -0.39 is 18.6 Å². The zero-order valence-electron chi connectivity index (χ0n) is 22.0. The summed E-state index contributed by atoms with van der Waals surface area (Å²) in [5.74, 6) is 1.15. The number of carbonyl (C=O) groups excluding carboxylic acids is 1. The number of aliphatic hydroxyl groups excluding tert-OH is 2. The summed E-state index contributed by atoms with van der Waals surface area (Å²) >= 11 is 1.57. The third kappa shape index (κ3) is 5.97. The lowest BCUT2D eigenvalue weighted by atomic mass is 9.75. The van der Waals surface area contributed by atoms with E-state index in [2.05, 4.69) is 24.3 Å². The summed E-state index contributed by atoms with van der Waals surface area (Å²) in [6, 6.07) is 3.92. The van der Waals surface area contributed by atoms with E-state index in [9.17, 15) is 9.90 Å². The minimum absolute atomic E-state index is 0.00166. The van der Waals surface area contributed by atoms with Crippen LogP contribution in [0.15, 0.2) is 16.7 Å². The Bertz CT molecular complexity index is 1270. The molecule has 0 fully saturated rings. The molecule has 0 saturated heterocycles. The van der Waals surface area contributed by atoms with Crippen molar-refractivity contribution in [3.8, 4) is 33.0 Å². The highest BCUT2D eigenvalue weighted by atomic mass is 32.1. The van der Waals surface area contributed by atoms with Crippen molar-refractivity contribution in [1.29, 1.82) is 0 Å². The number of hydrogen-bond acceptors (Lipinski definition) is 9. The first-order valence-corrected chi connectivity index (χ1v) is 13.3. The Morgan fingerprint density at radius 1 is 1.32 bits per heavy atom. The van der Waals surface area contributed by atoms with E-state index in [0.29, 0.717) is 23.9 Å². The molecule has 37 heavy (non-hydrogen) atoms. The van der Waals surface area contributed by atoms with Gasteiger partial charge in [-0.25, -0.2) is 0 Å². The lowest BCUT2D eigenvalue weighted by Crippen LogP contribution is -2.36. The topological polar surface area (TPSA) is 127 Å². The summed E-state index contributed by atoms with van der Waals surface area (Å²) in [6.45, 7) is 7.92. The highest BCUT2D eigenvalue weighted by molar-refractivity contribution is 7.17. The van der Waals surface area contributed by atoms with Crippen LogP contribution in [0.1, 0.15) is 49.4 Å². The van der Waals surface area contributed by atoms with Crippen molar-refractivity contribution < 1.29 is 29.0 Å².